The van der Waals surface area contributed by atoms with Crippen LogP contribution in [-0.4, -0.2) is 33.2 Å². The third-order valence-corrected chi connectivity index (χ3v) is 6.49. The summed E-state index contributed by atoms with van der Waals surface area (Å²) in [6, 6.07) is 24.0. The van der Waals surface area contributed by atoms with E-state index in [2.05, 4.69) is 5.32 Å². The molecule has 0 saturated heterocycles. The van der Waals surface area contributed by atoms with Crippen LogP contribution in [-0.2, 0) is 14.8 Å². The van der Waals surface area contributed by atoms with Gasteiger partial charge in [0.2, 0.25) is 10.0 Å². The molecule has 0 bridgehead atoms. The molecule has 1 heterocycles. The van der Waals surface area contributed by atoms with Crippen LogP contribution in [0.2, 0.25) is 0 Å². The van der Waals surface area contributed by atoms with Crippen molar-refractivity contribution in [3.05, 3.63) is 95.6 Å². The average Bonchev–Trinajstić information content (AvgIpc) is 2.77. The van der Waals surface area contributed by atoms with Gasteiger partial charge < -0.3 is 10.1 Å². The molecule has 7 heteroatoms. The molecule has 1 aliphatic rings. The summed E-state index contributed by atoms with van der Waals surface area (Å²) in [7, 11) is -3.57. The summed E-state index contributed by atoms with van der Waals surface area (Å²) < 4.78 is 31.9. The van der Waals surface area contributed by atoms with Gasteiger partial charge in [-0.3, -0.25) is 9.10 Å². The van der Waals surface area contributed by atoms with Crippen LogP contribution in [0.5, 0.6) is 5.75 Å². The number of nitrogens with zero attached hydrogens (tertiary/aromatic N) is 1. The largest absolute Gasteiger partial charge is 0.476 e. The van der Waals surface area contributed by atoms with Crippen LogP contribution in [0.3, 0.4) is 0 Å². The van der Waals surface area contributed by atoms with Gasteiger partial charge in [0.15, 0.2) is 6.10 Å². The van der Waals surface area contributed by atoms with Crippen LogP contribution in [0.25, 0.3) is 0 Å². The van der Waals surface area contributed by atoms with Gasteiger partial charge in [0.25, 0.3) is 5.91 Å². The van der Waals surface area contributed by atoms with Gasteiger partial charge in [-0.1, -0.05) is 66.7 Å². The number of rotatable bonds is 5. The Hall–Kier alpha value is -3.32. The first-order valence-electron chi connectivity index (χ1n) is 9.99. The first-order chi connectivity index (χ1) is 14.8. The minimum atomic E-state index is -3.57. The molecule has 0 unspecified atom stereocenters. The predicted octanol–water partition coefficient (Wildman–Crippen LogP) is 3.43. The van der Waals surface area contributed by atoms with E-state index >= 15 is 0 Å². The summed E-state index contributed by atoms with van der Waals surface area (Å²) >= 11 is 0. The number of carbonyl (C=O) groups excluding carboxylic acids is 1. The molecular formula is C24H24N2O4S. The Morgan fingerprint density at radius 1 is 1.00 bits per heavy atom. The summed E-state index contributed by atoms with van der Waals surface area (Å²) in [6.07, 6.45) is 0.157. The summed E-state index contributed by atoms with van der Waals surface area (Å²) in [5, 5.41) is 3.08. The van der Waals surface area contributed by atoms with E-state index in [1.807, 2.05) is 61.5 Å². The fraction of sp³-hybridized carbons (Fsp3) is 0.208. The highest BCUT2D eigenvalue weighted by molar-refractivity contribution is 7.92. The number of benzene rings is 3. The molecule has 31 heavy (non-hydrogen) atoms. The number of fused-ring (bicyclic) bond motifs is 1. The summed E-state index contributed by atoms with van der Waals surface area (Å²) in [5.41, 5.74) is 3.39. The van der Waals surface area contributed by atoms with Crippen molar-refractivity contribution < 1.29 is 17.9 Å². The molecule has 1 amide bonds. The molecule has 0 saturated carbocycles. The molecule has 4 rings (SSSR count). The van der Waals surface area contributed by atoms with Crippen LogP contribution in [0.15, 0.2) is 78.9 Å². The first-order valence-corrected chi connectivity index (χ1v) is 11.8. The van der Waals surface area contributed by atoms with Gasteiger partial charge in [0.1, 0.15) is 5.75 Å². The van der Waals surface area contributed by atoms with E-state index < -0.39 is 16.1 Å². The third-order valence-electron chi connectivity index (χ3n) is 5.35. The quantitative estimate of drug-likeness (QED) is 0.665. The summed E-state index contributed by atoms with van der Waals surface area (Å²) in [6.45, 7) is 1.91. The topological polar surface area (TPSA) is 75.7 Å². The Balaban J connectivity index is 1.66. The van der Waals surface area contributed by atoms with E-state index in [9.17, 15) is 13.2 Å². The van der Waals surface area contributed by atoms with E-state index in [1.54, 1.807) is 24.3 Å². The number of sulfonamides is 1. The monoisotopic (exact) mass is 436 g/mol. The number of ether oxygens (including phenoxy) is 1. The molecule has 0 aliphatic carbocycles. The lowest BCUT2D eigenvalue weighted by Crippen LogP contribution is -2.51. The van der Waals surface area contributed by atoms with Crippen molar-refractivity contribution in [2.75, 3.05) is 17.1 Å². The van der Waals surface area contributed by atoms with E-state index in [0.29, 0.717) is 11.4 Å². The minimum Gasteiger partial charge on any atom is -0.476 e. The molecule has 3 aromatic rings. The lowest BCUT2D eigenvalue weighted by atomic mass is 9.94. The number of hydrogen-bond donors (Lipinski definition) is 1. The minimum absolute atomic E-state index is 0.0863. The molecule has 0 aromatic heterocycles. The maximum Gasteiger partial charge on any atom is 0.263 e. The zero-order chi connectivity index (χ0) is 22.0. The van der Waals surface area contributed by atoms with Gasteiger partial charge in [-0.05, 0) is 35.7 Å². The van der Waals surface area contributed by atoms with Gasteiger partial charge in [-0.15, -0.1) is 0 Å². The van der Waals surface area contributed by atoms with Crippen molar-refractivity contribution in [3.8, 4) is 5.75 Å². The van der Waals surface area contributed by atoms with Crippen molar-refractivity contribution >= 4 is 21.6 Å². The van der Waals surface area contributed by atoms with Crippen LogP contribution >= 0.6 is 0 Å². The van der Waals surface area contributed by atoms with Crippen LogP contribution in [0, 0.1) is 6.92 Å². The number of para-hydroxylation sites is 2. The van der Waals surface area contributed by atoms with Crippen LogP contribution < -0.4 is 14.4 Å². The first kappa shape index (κ1) is 20.9. The summed E-state index contributed by atoms with van der Waals surface area (Å²) in [4.78, 5) is 13.3. The molecule has 0 radical (unpaired) electrons. The molecule has 3 aromatic carbocycles. The van der Waals surface area contributed by atoms with Crippen LogP contribution in [0.1, 0.15) is 22.7 Å². The van der Waals surface area contributed by atoms with Crippen molar-refractivity contribution in [2.24, 2.45) is 0 Å². The van der Waals surface area contributed by atoms with E-state index in [1.165, 1.54) is 4.31 Å². The number of carbonyl (C=O) groups is 1. The highest BCUT2D eigenvalue weighted by atomic mass is 32.2. The lowest BCUT2D eigenvalue weighted by molar-refractivity contribution is -0.128. The van der Waals surface area contributed by atoms with Gasteiger partial charge in [0, 0.05) is 0 Å². The van der Waals surface area contributed by atoms with E-state index in [-0.39, 0.29) is 18.5 Å². The fourth-order valence-electron chi connectivity index (χ4n) is 3.78. The fourth-order valence-corrected chi connectivity index (χ4v) is 4.70. The molecule has 1 aliphatic heterocycles. The molecule has 2 atom stereocenters. The van der Waals surface area contributed by atoms with E-state index in [0.717, 1.165) is 22.9 Å². The second-order valence-electron chi connectivity index (χ2n) is 7.58. The number of amides is 1. The smallest absolute Gasteiger partial charge is 0.263 e. The maximum atomic E-state index is 13.3. The Kier molecular flexibility index (Phi) is 5.69. The second-order valence-corrected chi connectivity index (χ2v) is 9.48. The Morgan fingerprint density at radius 3 is 2.35 bits per heavy atom. The zero-order valence-electron chi connectivity index (χ0n) is 17.4. The normalized spacial score (nSPS) is 16.7. The lowest BCUT2D eigenvalue weighted by Gasteiger charge is -2.34. The highest BCUT2D eigenvalue weighted by Crippen LogP contribution is 2.35. The molecule has 0 fully saturated rings. The van der Waals surface area contributed by atoms with Gasteiger partial charge >= 0.3 is 0 Å². The molecule has 0 spiro atoms. The number of nitrogens with one attached hydrogen (secondary N) is 1. The second kappa shape index (κ2) is 8.43. The zero-order valence-corrected chi connectivity index (χ0v) is 18.2. The SMILES string of the molecule is Cc1ccccc1[C@H](NC(=O)[C@H]1CN(S(C)(=O)=O)c2ccccc2O1)c1ccccc1. The highest BCUT2D eigenvalue weighted by Gasteiger charge is 2.36. The van der Waals surface area contributed by atoms with E-state index in [4.69, 9.17) is 4.74 Å². The standard InChI is InChI=1S/C24H24N2O4S/c1-17-10-6-7-13-19(17)23(18-11-4-3-5-12-18)25-24(27)22-16-26(31(2,28)29)20-14-8-9-15-21(20)30-22/h3-15,22-23H,16H2,1-2H3,(H,25,27)/t22-,23-/m1/s1. The van der Waals surface area contributed by atoms with Crippen molar-refractivity contribution in [1.29, 1.82) is 0 Å². The van der Waals surface area contributed by atoms with Gasteiger partial charge in [-0.25, -0.2) is 8.42 Å². The molecule has 160 valence electrons. The predicted molar refractivity (Wildman–Crippen MR) is 121 cm³/mol. The van der Waals surface area contributed by atoms with Crippen LogP contribution in [0.4, 0.5) is 5.69 Å². The Labute approximate surface area is 182 Å². The average molecular weight is 437 g/mol. The molecule has 1 N–H and O–H groups in total. The van der Waals surface area contributed by atoms with Crippen molar-refractivity contribution in [2.45, 2.75) is 19.1 Å². The Bertz CT molecular complexity index is 1190. The maximum absolute atomic E-state index is 13.3. The third kappa shape index (κ3) is 4.41. The molecule has 6 nitrogen and oxygen atoms in total. The number of hydrogen-bond acceptors (Lipinski definition) is 4. The van der Waals surface area contributed by atoms with Gasteiger partial charge in [-0.2, -0.15) is 0 Å². The number of aryl methyl sites for hydroxylation is 1. The number of anilines is 1. The molecular weight excluding hydrogens is 412 g/mol. The summed E-state index contributed by atoms with van der Waals surface area (Å²) in [5.74, 6) is -0.00765. The van der Waals surface area contributed by atoms with Crippen molar-refractivity contribution in [1.82, 2.24) is 5.32 Å². The van der Waals surface area contributed by atoms with Gasteiger partial charge in [0.05, 0.1) is 24.5 Å². The Morgan fingerprint density at radius 2 is 1.65 bits per heavy atom. The van der Waals surface area contributed by atoms with Crippen molar-refractivity contribution in [3.63, 3.8) is 0 Å².